The second kappa shape index (κ2) is 9.31. The first kappa shape index (κ1) is 22.7. The van der Waals surface area contributed by atoms with E-state index in [2.05, 4.69) is 6.58 Å². The number of nitrogen functional groups attached to an aromatic ring is 1. The Kier molecular flexibility index (Phi) is 7.06. The third-order valence-electron chi connectivity index (χ3n) is 4.54. The van der Waals surface area contributed by atoms with Gasteiger partial charge in [-0.05, 0) is 35.9 Å². The molecule has 1 aromatic carbocycles. The molecule has 0 aliphatic heterocycles. The van der Waals surface area contributed by atoms with Gasteiger partial charge in [-0.15, -0.1) is 0 Å². The third-order valence-corrected chi connectivity index (χ3v) is 4.54. The lowest BCUT2D eigenvalue weighted by atomic mass is 10.0. The molecule has 2 heterocycles. The molecule has 0 radical (unpaired) electrons. The summed E-state index contributed by atoms with van der Waals surface area (Å²) in [4.78, 5) is 26.9. The summed E-state index contributed by atoms with van der Waals surface area (Å²) in [5.74, 6) is 0. The number of aryl methyl sites for hydroxylation is 2. The zero-order valence-electron chi connectivity index (χ0n) is 18.6. The molecule has 0 unspecified atom stereocenters. The van der Waals surface area contributed by atoms with E-state index in [0.29, 0.717) is 21.8 Å². The van der Waals surface area contributed by atoms with Crippen molar-refractivity contribution in [2.24, 2.45) is 7.05 Å². The number of rotatable bonds is 3. The minimum Gasteiger partial charge on any atom is -0.399 e. The molecule has 6 heteroatoms. The zero-order chi connectivity index (χ0) is 22.6. The standard InChI is InChI=1S/C22H24N4O2.C2H6/c1-14-6-9-21(27)26(11-14)20-8-7-16(23)10-17(20)18-13-25(5)22(28)19(15(18)2)12-24(3)4;1-2/h6-13H,2,23H2,1,3-5H3;1-2H3/b19-12+;. The Balaban J connectivity index is 0.00000155. The van der Waals surface area contributed by atoms with E-state index >= 15 is 0 Å². The Bertz CT molecular complexity index is 1280. The lowest BCUT2D eigenvalue weighted by Gasteiger charge is -2.15. The summed E-state index contributed by atoms with van der Waals surface area (Å²) >= 11 is 0. The average molecular weight is 407 g/mol. The highest BCUT2D eigenvalue weighted by Gasteiger charge is 2.13. The Morgan fingerprint density at radius 2 is 1.70 bits per heavy atom. The van der Waals surface area contributed by atoms with E-state index in [1.165, 1.54) is 10.6 Å². The number of anilines is 1. The van der Waals surface area contributed by atoms with Gasteiger partial charge in [0.25, 0.3) is 11.1 Å². The van der Waals surface area contributed by atoms with E-state index in [1.54, 1.807) is 53.3 Å². The Morgan fingerprint density at radius 1 is 1.03 bits per heavy atom. The van der Waals surface area contributed by atoms with Crippen LogP contribution < -0.4 is 27.3 Å². The van der Waals surface area contributed by atoms with E-state index < -0.39 is 0 Å². The van der Waals surface area contributed by atoms with Crippen molar-refractivity contribution >= 4 is 18.5 Å². The van der Waals surface area contributed by atoms with Gasteiger partial charge in [0.1, 0.15) is 0 Å². The highest BCUT2D eigenvalue weighted by molar-refractivity contribution is 5.76. The Labute approximate surface area is 176 Å². The molecular formula is C24H30N4O2. The van der Waals surface area contributed by atoms with E-state index in [4.69, 9.17) is 5.73 Å². The maximum Gasteiger partial charge on any atom is 0.259 e. The first-order chi connectivity index (χ1) is 14.2. The summed E-state index contributed by atoms with van der Waals surface area (Å²) in [6.07, 6.45) is 5.27. The van der Waals surface area contributed by atoms with Crippen LogP contribution in [0.1, 0.15) is 19.4 Å². The first-order valence-corrected chi connectivity index (χ1v) is 9.85. The van der Waals surface area contributed by atoms with Crippen molar-refractivity contribution in [3.63, 3.8) is 0 Å². The van der Waals surface area contributed by atoms with Crippen LogP contribution in [0.25, 0.3) is 29.6 Å². The summed E-state index contributed by atoms with van der Waals surface area (Å²) in [5, 5.41) is 1.08. The fourth-order valence-electron chi connectivity index (χ4n) is 3.18. The van der Waals surface area contributed by atoms with Gasteiger partial charge in [-0.25, -0.2) is 0 Å². The molecule has 0 bridgehead atoms. The third kappa shape index (κ3) is 4.54. The monoisotopic (exact) mass is 406 g/mol. The Morgan fingerprint density at radius 3 is 2.33 bits per heavy atom. The minimum atomic E-state index is -0.146. The van der Waals surface area contributed by atoms with E-state index in [0.717, 1.165) is 16.7 Å². The van der Waals surface area contributed by atoms with Crippen molar-refractivity contribution in [1.29, 1.82) is 0 Å². The van der Waals surface area contributed by atoms with Gasteiger partial charge < -0.3 is 15.2 Å². The van der Waals surface area contributed by atoms with Crippen LogP contribution in [0.15, 0.2) is 52.3 Å². The van der Waals surface area contributed by atoms with Crippen LogP contribution in [0.4, 0.5) is 5.69 Å². The molecule has 2 aromatic heterocycles. The van der Waals surface area contributed by atoms with Crippen molar-refractivity contribution in [3.8, 4) is 16.8 Å². The highest BCUT2D eigenvalue weighted by atomic mass is 16.1. The van der Waals surface area contributed by atoms with Crippen molar-refractivity contribution in [3.05, 3.63) is 79.4 Å². The quantitative estimate of drug-likeness (QED) is 0.674. The van der Waals surface area contributed by atoms with Gasteiger partial charge in [-0.1, -0.05) is 26.5 Å². The number of nitrogens with two attached hydrogens (primary N) is 1. The molecule has 6 nitrogen and oxygen atoms in total. The van der Waals surface area contributed by atoms with Crippen LogP contribution in [0.3, 0.4) is 0 Å². The second-order valence-electron chi connectivity index (χ2n) is 7.14. The van der Waals surface area contributed by atoms with E-state index in [9.17, 15) is 9.59 Å². The number of pyridine rings is 2. The molecule has 0 fully saturated rings. The molecule has 0 spiro atoms. The van der Waals surface area contributed by atoms with Crippen LogP contribution in [0.2, 0.25) is 0 Å². The van der Waals surface area contributed by atoms with E-state index in [-0.39, 0.29) is 11.1 Å². The van der Waals surface area contributed by atoms with Gasteiger partial charge in [-0.2, -0.15) is 0 Å². The van der Waals surface area contributed by atoms with Crippen LogP contribution in [-0.2, 0) is 7.05 Å². The molecule has 0 atom stereocenters. The summed E-state index contributed by atoms with van der Waals surface area (Å²) in [7, 11) is 5.40. The SMILES string of the molecule is C=c1c(-c2cc(N)ccc2-n2cc(C)ccc2=O)cn(C)c(=O)/c1=C/N(C)C.CC. The van der Waals surface area contributed by atoms with Gasteiger partial charge in [0.05, 0.1) is 10.9 Å². The second-order valence-corrected chi connectivity index (χ2v) is 7.14. The molecular weight excluding hydrogens is 376 g/mol. The normalized spacial score (nSPS) is 11.1. The number of nitrogens with zero attached hydrogens (tertiary/aromatic N) is 3. The van der Waals surface area contributed by atoms with Crippen LogP contribution in [0.5, 0.6) is 0 Å². The number of aromatic nitrogens is 2. The Hall–Kier alpha value is -3.54. The summed E-state index contributed by atoms with van der Waals surface area (Å²) in [6.45, 7) is 10.1. The molecule has 0 aliphatic rings. The molecule has 3 rings (SSSR count). The van der Waals surface area contributed by atoms with Gasteiger partial charge in [-0.3, -0.25) is 14.2 Å². The van der Waals surface area contributed by atoms with Gasteiger partial charge >= 0.3 is 0 Å². The highest BCUT2D eigenvalue weighted by Crippen LogP contribution is 2.25. The zero-order valence-corrected chi connectivity index (χ0v) is 18.6. The fraction of sp³-hybridized carbons (Fsp3) is 0.250. The average Bonchev–Trinajstić information content (AvgIpc) is 2.71. The number of hydrogen-bond donors (Lipinski definition) is 1. The fourth-order valence-corrected chi connectivity index (χ4v) is 3.18. The summed E-state index contributed by atoms with van der Waals surface area (Å²) in [5.41, 5.74) is 9.45. The van der Waals surface area contributed by atoms with E-state index in [1.807, 2.05) is 40.9 Å². The smallest absolute Gasteiger partial charge is 0.259 e. The molecule has 0 saturated heterocycles. The topological polar surface area (TPSA) is 73.3 Å². The van der Waals surface area contributed by atoms with Crippen molar-refractivity contribution in [1.82, 2.24) is 14.0 Å². The number of hydrogen-bond acceptors (Lipinski definition) is 4. The molecule has 0 aliphatic carbocycles. The largest absolute Gasteiger partial charge is 0.399 e. The maximum absolute atomic E-state index is 12.6. The minimum absolute atomic E-state index is 0.138. The molecule has 2 N–H and O–H groups in total. The van der Waals surface area contributed by atoms with Gasteiger partial charge in [0.2, 0.25) is 0 Å². The number of benzene rings is 1. The molecule has 30 heavy (non-hydrogen) atoms. The summed E-state index contributed by atoms with van der Waals surface area (Å²) in [6, 6.07) is 8.68. The maximum atomic E-state index is 12.6. The lowest BCUT2D eigenvalue weighted by Crippen LogP contribution is -2.45. The van der Waals surface area contributed by atoms with Crippen LogP contribution in [0, 0.1) is 6.92 Å². The van der Waals surface area contributed by atoms with Crippen LogP contribution in [-0.4, -0.2) is 28.1 Å². The van der Waals surface area contributed by atoms with Gasteiger partial charge in [0.15, 0.2) is 0 Å². The summed E-state index contributed by atoms with van der Waals surface area (Å²) < 4.78 is 3.11. The molecule has 158 valence electrons. The molecule has 0 amide bonds. The van der Waals surface area contributed by atoms with Crippen LogP contribution >= 0.6 is 0 Å². The van der Waals surface area contributed by atoms with Crippen molar-refractivity contribution < 1.29 is 0 Å². The van der Waals surface area contributed by atoms with Crippen molar-refractivity contribution in [2.45, 2.75) is 20.8 Å². The van der Waals surface area contributed by atoms with Gasteiger partial charge in [0, 0.05) is 62.6 Å². The first-order valence-electron chi connectivity index (χ1n) is 9.85. The predicted molar refractivity (Wildman–Crippen MR) is 126 cm³/mol. The lowest BCUT2D eigenvalue weighted by molar-refractivity contribution is 0.612. The molecule has 0 saturated carbocycles. The molecule has 3 aromatic rings. The predicted octanol–water partition coefficient (Wildman–Crippen LogP) is 1.83. The van der Waals surface area contributed by atoms with Crippen molar-refractivity contribution in [2.75, 3.05) is 19.8 Å².